The first-order chi connectivity index (χ1) is 9.87. The SMILES string of the molecule is O=C(O)Cn1cc(S(=O)(=O)NC2(CO)CCCCC2)cn1. The number of rotatable bonds is 6. The van der Waals surface area contributed by atoms with Crippen LogP contribution < -0.4 is 4.72 Å². The van der Waals surface area contributed by atoms with Gasteiger partial charge in [-0.1, -0.05) is 19.3 Å². The van der Waals surface area contributed by atoms with Gasteiger partial charge in [0.2, 0.25) is 10.0 Å². The van der Waals surface area contributed by atoms with Crippen molar-refractivity contribution >= 4 is 16.0 Å². The van der Waals surface area contributed by atoms with Crippen molar-refractivity contribution in [2.45, 2.75) is 49.1 Å². The lowest BCUT2D eigenvalue weighted by Gasteiger charge is -2.35. The summed E-state index contributed by atoms with van der Waals surface area (Å²) >= 11 is 0. The molecule has 1 aliphatic rings. The van der Waals surface area contributed by atoms with E-state index in [4.69, 9.17) is 5.11 Å². The molecule has 118 valence electrons. The summed E-state index contributed by atoms with van der Waals surface area (Å²) in [5, 5.41) is 21.9. The smallest absolute Gasteiger partial charge is 0.325 e. The molecule has 1 saturated carbocycles. The Labute approximate surface area is 122 Å². The van der Waals surface area contributed by atoms with Crippen molar-refractivity contribution in [3.8, 4) is 0 Å². The first-order valence-electron chi connectivity index (χ1n) is 6.76. The largest absolute Gasteiger partial charge is 0.480 e. The molecule has 0 radical (unpaired) electrons. The predicted molar refractivity (Wildman–Crippen MR) is 73.1 cm³/mol. The van der Waals surface area contributed by atoms with Gasteiger partial charge >= 0.3 is 5.97 Å². The Bertz CT molecular complexity index is 604. The van der Waals surface area contributed by atoms with Crippen molar-refractivity contribution in [3.63, 3.8) is 0 Å². The Hall–Kier alpha value is -1.45. The molecule has 0 saturated heterocycles. The molecule has 21 heavy (non-hydrogen) atoms. The van der Waals surface area contributed by atoms with Crippen LogP contribution in [0.4, 0.5) is 0 Å². The van der Waals surface area contributed by atoms with E-state index in [9.17, 15) is 18.3 Å². The average Bonchev–Trinajstić information content (AvgIpc) is 2.88. The molecule has 1 aromatic heterocycles. The highest BCUT2D eigenvalue weighted by atomic mass is 32.2. The van der Waals surface area contributed by atoms with E-state index in [0.29, 0.717) is 12.8 Å². The van der Waals surface area contributed by atoms with Crippen molar-refractivity contribution in [1.29, 1.82) is 0 Å². The lowest BCUT2D eigenvalue weighted by atomic mass is 9.83. The minimum absolute atomic E-state index is 0.0952. The van der Waals surface area contributed by atoms with E-state index in [1.165, 1.54) is 6.20 Å². The molecule has 0 bridgehead atoms. The minimum atomic E-state index is -3.83. The van der Waals surface area contributed by atoms with Crippen LogP contribution in [-0.4, -0.2) is 46.5 Å². The molecule has 2 rings (SSSR count). The number of carbonyl (C=O) groups is 1. The Morgan fingerprint density at radius 1 is 1.38 bits per heavy atom. The molecule has 1 fully saturated rings. The van der Waals surface area contributed by atoms with E-state index in [2.05, 4.69) is 9.82 Å². The van der Waals surface area contributed by atoms with Gasteiger partial charge in [0.15, 0.2) is 0 Å². The van der Waals surface area contributed by atoms with E-state index < -0.39 is 28.1 Å². The second kappa shape index (κ2) is 6.12. The number of carboxylic acid groups (broad SMARTS) is 1. The maximum Gasteiger partial charge on any atom is 0.325 e. The van der Waals surface area contributed by atoms with E-state index in [-0.39, 0.29) is 11.5 Å². The molecule has 3 N–H and O–H groups in total. The fraction of sp³-hybridized carbons (Fsp3) is 0.667. The highest BCUT2D eigenvalue weighted by Crippen LogP contribution is 2.29. The molecule has 0 amide bonds. The average molecular weight is 317 g/mol. The first kappa shape index (κ1) is 15.9. The van der Waals surface area contributed by atoms with Gasteiger partial charge in [-0.2, -0.15) is 5.10 Å². The number of aliphatic hydroxyl groups is 1. The normalized spacial score (nSPS) is 18.5. The second-order valence-electron chi connectivity index (χ2n) is 5.37. The predicted octanol–water partition coefficient (Wildman–Crippen LogP) is -0.0588. The summed E-state index contributed by atoms with van der Waals surface area (Å²) in [7, 11) is -3.83. The van der Waals surface area contributed by atoms with Crippen LogP contribution in [0.2, 0.25) is 0 Å². The summed E-state index contributed by atoms with van der Waals surface area (Å²) in [6.07, 6.45) is 6.21. The lowest BCUT2D eigenvalue weighted by molar-refractivity contribution is -0.137. The first-order valence-corrected chi connectivity index (χ1v) is 8.24. The number of sulfonamides is 1. The summed E-state index contributed by atoms with van der Waals surface area (Å²) in [5.74, 6) is -1.10. The molecule has 0 atom stereocenters. The molecule has 0 unspecified atom stereocenters. The van der Waals surface area contributed by atoms with Crippen LogP contribution in [-0.2, 0) is 21.4 Å². The van der Waals surface area contributed by atoms with E-state index >= 15 is 0 Å². The molecule has 1 heterocycles. The zero-order valence-electron chi connectivity index (χ0n) is 11.5. The van der Waals surface area contributed by atoms with Crippen LogP contribution in [0.25, 0.3) is 0 Å². The fourth-order valence-corrected chi connectivity index (χ4v) is 3.98. The number of aromatic nitrogens is 2. The highest BCUT2D eigenvalue weighted by Gasteiger charge is 2.36. The van der Waals surface area contributed by atoms with Crippen molar-refractivity contribution in [3.05, 3.63) is 12.4 Å². The van der Waals surface area contributed by atoms with Gasteiger partial charge in [0.25, 0.3) is 0 Å². The van der Waals surface area contributed by atoms with Crippen LogP contribution in [0.3, 0.4) is 0 Å². The number of aliphatic hydroxyl groups excluding tert-OH is 1. The Morgan fingerprint density at radius 3 is 2.62 bits per heavy atom. The van der Waals surface area contributed by atoms with Crippen molar-refractivity contribution in [2.75, 3.05) is 6.61 Å². The fourth-order valence-electron chi connectivity index (χ4n) is 2.57. The third-order valence-electron chi connectivity index (χ3n) is 3.68. The van der Waals surface area contributed by atoms with Gasteiger partial charge in [-0.15, -0.1) is 0 Å². The maximum atomic E-state index is 12.3. The quantitative estimate of drug-likeness (QED) is 0.676. The molecular weight excluding hydrogens is 298 g/mol. The molecular formula is C12H19N3O5S. The zero-order valence-corrected chi connectivity index (χ0v) is 12.3. The number of nitrogens with one attached hydrogen (secondary N) is 1. The molecule has 1 aliphatic carbocycles. The Morgan fingerprint density at radius 2 is 2.05 bits per heavy atom. The molecule has 9 heteroatoms. The van der Waals surface area contributed by atoms with Gasteiger partial charge in [-0.25, -0.2) is 13.1 Å². The number of carboxylic acids is 1. The molecule has 0 aliphatic heterocycles. The van der Waals surface area contributed by atoms with Crippen LogP contribution >= 0.6 is 0 Å². The van der Waals surface area contributed by atoms with Gasteiger partial charge in [0, 0.05) is 6.20 Å². The highest BCUT2D eigenvalue weighted by molar-refractivity contribution is 7.89. The number of hydrogen-bond acceptors (Lipinski definition) is 5. The molecule has 0 spiro atoms. The maximum absolute atomic E-state index is 12.3. The number of nitrogens with zero attached hydrogens (tertiary/aromatic N) is 2. The Balaban J connectivity index is 2.17. The van der Waals surface area contributed by atoms with Gasteiger partial charge in [-0.3, -0.25) is 9.48 Å². The van der Waals surface area contributed by atoms with Crippen LogP contribution in [0.15, 0.2) is 17.3 Å². The Kier molecular flexibility index (Phi) is 4.64. The van der Waals surface area contributed by atoms with Gasteiger partial charge < -0.3 is 10.2 Å². The third-order valence-corrected chi connectivity index (χ3v) is 5.21. The van der Waals surface area contributed by atoms with Crippen molar-refractivity contribution in [1.82, 2.24) is 14.5 Å². The van der Waals surface area contributed by atoms with Crippen molar-refractivity contribution in [2.24, 2.45) is 0 Å². The molecule has 8 nitrogen and oxygen atoms in total. The molecule has 0 aromatic carbocycles. The minimum Gasteiger partial charge on any atom is -0.480 e. The summed E-state index contributed by atoms with van der Waals surface area (Å²) in [5.41, 5.74) is -0.827. The van der Waals surface area contributed by atoms with Gasteiger partial charge in [0.1, 0.15) is 11.4 Å². The standard InChI is InChI=1S/C12H19N3O5S/c16-9-12(4-2-1-3-5-12)14-21(19,20)10-6-13-15(7-10)8-11(17)18/h6-7,14,16H,1-5,8-9H2,(H,17,18). The lowest BCUT2D eigenvalue weighted by Crippen LogP contribution is -2.52. The van der Waals surface area contributed by atoms with E-state index in [0.717, 1.165) is 30.1 Å². The topological polar surface area (TPSA) is 122 Å². The number of aliphatic carboxylic acids is 1. The summed E-state index contributed by atoms with van der Waals surface area (Å²) < 4.78 is 28.3. The third kappa shape index (κ3) is 3.80. The van der Waals surface area contributed by atoms with Crippen LogP contribution in [0.1, 0.15) is 32.1 Å². The monoisotopic (exact) mass is 317 g/mol. The second-order valence-corrected chi connectivity index (χ2v) is 7.05. The summed E-state index contributed by atoms with van der Waals surface area (Å²) in [6, 6.07) is 0. The molecule has 1 aromatic rings. The van der Waals surface area contributed by atoms with E-state index in [1.807, 2.05) is 0 Å². The van der Waals surface area contributed by atoms with Gasteiger partial charge in [0.05, 0.1) is 18.3 Å². The van der Waals surface area contributed by atoms with Crippen LogP contribution in [0, 0.1) is 0 Å². The summed E-state index contributed by atoms with van der Waals surface area (Å²) in [4.78, 5) is 10.5. The van der Waals surface area contributed by atoms with E-state index in [1.54, 1.807) is 0 Å². The van der Waals surface area contributed by atoms with Crippen LogP contribution in [0.5, 0.6) is 0 Å². The summed E-state index contributed by atoms with van der Waals surface area (Å²) in [6.45, 7) is -0.657. The number of hydrogen-bond donors (Lipinski definition) is 3. The van der Waals surface area contributed by atoms with Gasteiger partial charge in [-0.05, 0) is 12.8 Å². The van der Waals surface area contributed by atoms with Crippen molar-refractivity contribution < 1.29 is 23.4 Å². The zero-order chi connectivity index (χ0) is 15.5.